The van der Waals surface area contributed by atoms with E-state index in [1.165, 1.54) is 0 Å². The molecule has 0 radical (unpaired) electrons. The minimum absolute atomic E-state index is 0.163. The highest BCUT2D eigenvalue weighted by Crippen LogP contribution is 2.52. The van der Waals surface area contributed by atoms with Gasteiger partial charge in [-0.05, 0) is 18.9 Å². The van der Waals surface area contributed by atoms with Crippen molar-refractivity contribution in [2.75, 3.05) is 26.7 Å². The van der Waals surface area contributed by atoms with Gasteiger partial charge in [-0.25, -0.2) is 0 Å². The van der Waals surface area contributed by atoms with Crippen LogP contribution in [0.5, 0.6) is 0 Å². The molecule has 1 saturated heterocycles. The third-order valence-electron chi connectivity index (χ3n) is 3.05. The Morgan fingerprint density at radius 1 is 1.60 bits per heavy atom. The van der Waals surface area contributed by atoms with Gasteiger partial charge in [-0.15, -0.1) is 0 Å². The molecule has 3 heteroatoms. The van der Waals surface area contributed by atoms with Crippen LogP contribution in [0.4, 0.5) is 0 Å². The second-order valence-corrected chi connectivity index (χ2v) is 3.70. The number of fused-ring (bicyclic) bond motifs is 1. The van der Waals surface area contributed by atoms with E-state index in [0.29, 0.717) is 11.8 Å². The quantitative estimate of drug-likeness (QED) is 0.487. The van der Waals surface area contributed by atoms with Gasteiger partial charge in [0.05, 0.1) is 6.61 Å². The summed E-state index contributed by atoms with van der Waals surface area (Å²) in [5.74, 6) is 1.14. The number of piperidine rings is 1. The van der Waals surface area contributed by atoms with E-state index in [1.54, 1.807) is 0 Å². The Kier molecular flexibility index (Phi) is 1.14. The Morgan fingerprint density at radius 3 is 2.50 bits per heavy atom. The molecule has 1 unspecified atom stereocenters. The average Bonchev–Trinajstić information content (AvgIpc) is 2.28. The van der Waals surface area contributed by atoms with Gasteiger partial charge in [-0.3, -0.25) is 0 Å². The van der Waals surface area contributed by atoms with Gasteiger partial charge in [0, 0.05) is 18.6 Å². The van der Waals surface area contributed by atoms with Crippen LogP contribution >= 0.6 is 0 Å². The minimum Gasteiger partial charge on any atom is -0.394 e. The summed E-state index contributed by atoms with van der Waals surface area (Å²) >= 11 is 0. The van der Waals surface area contributed by atoms with Crippen molar-refractivity contribution in [3.63, 3.8) is 0 Å². The Balaban J connectivity index is 2.02. The van der Waals surface area contributed by atoms with Gasteiger partial charge in [0.1, 0.15) is 0 Å². The molecule has 0 amide bonds. The summed E-state index contributed by atoms with van der Waals surface area (Å²) in [6.07, 6.45) is 0. The number of nitrogens with zero attached hydrogens (tertiary/aromatic N) is 1. The summed E-state index contributed by atoms with van der Waals surface area (Å²) in [7, 11) is 2.10. The van der Waals surface area contributed by atoms with Gasteiger partial charge >= 0.3 is 0 Å². The van der Waals surface area contributed by atoms with Gasteiger partial charge in [0.2, 0.25) is 0 Å². The number of hydrogen-bond donors (Lipinski definition) is 2. The first kappa shape index (κ1) is 6.58. The number of aliphatic hydroxyl groups excluding tert-OH is 1. The molecule has 3 atom stereocenters. The van der Waals surface area contributed by atoms with Crippen LogP contribution in [0.1, 0.15) is 0 Å². The fourth-order valence-corrected chi connectivity index (χ4v) is 2.20. The summed E-state index contributed by atoms with van der Waals surface area (Å²) in [5, 5.41) is 8.91. The van der Waals surface area contributed by atoms with Crippen molar-refractivity contribution >= 4 is 0 Å². The predicted molar refractivity (Wildman–Crippen MR) is 38.5 cm³/mol. The molecule has 1 aliphatic heterocycles. The third kappa shape index (κ3) is 0.603. The molecule has 1 saturated carbocycles. The van der Waals surface area contributed by atoms with Gasteiger partial charge in [0.15, 0.2) is 0 Å². The number of likely N-dealkylation sites (tertiary alicyclic amines) is 1. The largest absolute Gasteiger partial charge is 0.394 e. The normalized spacial score (nSPS) is 53.1. The summed E-state index contributed by atoms with van der Waals surface area (Å²) in [6.45, 7) is 2.31. The van der Waals surface area contributed by atoms with Crippen LogP contribution in [-0.2, 0) is 0 Å². The maximum absolute atomic E-state index is 8.91. The van der Waals surface area contributed by atoms with E-state index in [1.807, 2.05) is 0 Å². The molecule has 0 aromatic carbocycles. The standard InChI is InChI=1S/C7H14N2O/c1-9-2-5-6(3-9)7(5,8)4-10/h5-6,10H,2-4,8H2,1H3/t5-,6+,7?. The highest BCUT2D eigenvalue weighted by atomic mass is 16.3. The molecule has 1 aliphatic carbocycles. The van der Waals surface area contributed by atoms with E-state index in [2.05, 4.69) is 11.9 Å². The average molecular weight is 142 g/mol. The van der Waals surface area contributed by atoms with Gasteiger partial charge in [0.25, 0.3) is 0 Å². The lowest BCUT2D eigenvalue weighted by molar-refractivity contribution is 0.211. The van der Waals surface area contributed by atoms with Gasteiger partial charge in [-0.2, -0.15) is 0 Å². The van der Waals surface area contributed by atoms with Crippen LogP contribution in [0, 0.1) is 11.8 Å². The molecular formula is C7H14N2O. The first-order chi connectivity index (χ1) is 4.68. The monoisotopic (exact) mass is 142 g/mol. The zero-order chi connectivity index (χ0) is 7.35. The Bertz CT molecular complexity index is 148. The van der Waals surface area contributed by atoms with Crippen LogP contribution in [-0.4, -0.2) is 42.3 Å². The molecule has 2 aliphatic rings. The van der Waals surface area contributed by atoms with Crippen molar-refractivity contribution < 1.29 is 5.11 Å². The van der Waals surface area contributed by atoms with E-state index >= 15 is 0 Å². The van der Waals surface area contributed by atoms with E-state index in [9.17, 15) is 0 Å². The summed E-state index contributed by atoms with van der Waals surface area (Å²) in [6, 6.07) is 0. The Labute approximate surface area is 60.8 Å². The van der Waals surface area contributed by atoms with E-state index < -0.39 is 0 Å². The molecule has 0 bridgehead atoms. The van der Waals surface area contributed by atoms with Gasteiger partial charge < -0.3 is 15.7 Å². The molecule has 2 rings (SSSR count). The van der Waals surface area contributed by atoms with Crippen LogP contribution in [0.2, 0.25) is 0 Å². The lowest BCUT2D eigenvalue weighted by atomic mass is 10.2. The number of nitrogens with two attached hydrogens (primary N) is 1. The number of rotatable bonds is 1. The van der Waals surface area contributed by atoms with Crippen molar-refractivity contribution in [1.82, 2.24) is 4.90 Å². The van der Waals surface area contributed by atoms with Crippen molar-refractivity contribution in [2.45, 2.75) is 5.54 Å². The summed E-state index contributed by atoms with van der Waals surface area (Å²) in [4.78, 5) is 2.27. The first-order valence-corrected chi connectivity index (χ1v) is 3.77. The van der Waals surface area contributed by atoms with Crippen LogP contribution in [0.3, 0.4) is 0 Å². The smallest absolute Gasteiger partial charge is 0.0617 e. The minimum atomic E-state index is -0.202. The first-order valence-electron chi connectivity index (χ1n) is 3.77. The second kappa shape index (κ2) is 1.72. The zero-order valence-corrected chi connectivity index (χ0v) is 6.25. The molecule has 10 heavy (non-hydrogen) atoms. The SMILES string of the molecule is CN1C[C@@H]2[C@H](C1)C2(N)CO. The number of hydrogen-bond acceptors (Lipinski definition) is 3. The molecular weight excluding hydrogens is 128 g/mol. The van der Waals surface area contributed by atoms with E-state index in [-0.39, 0.29) is 12.1 Å². The molecule has 0 aromatic rings. The molecule has 3 N–H and O–H groups in total. The van der Waals surface area contributed by atoms with Crippen LogP contribution < -0.4 is 5.73 Å². The fourth-order valence-electron chi connectivity index (χ4n) is 2.20. The van der Waals surface area contributed by atoms with Crippen molar-refractivity contribution in [3.8, 4) is 0 Å². The fraction of sp³-hybridized carbons (Fsp3) is 1.00. The second-order valence-electron chi connectivity index (χ2n) is 3.70. The highest BCUT2D eigenvalue weighted by Gasteiger charge is 2.64. The number of aliphatic hydroxyl groups is 1. The van der Waals surface area contributed by atoms with Crippen molar-refractivity contribution in [2.24, 2.45) is 17.6 Å². The topological polar surface area (TPSA) is 49.5 Å². The molecule has 2 fully saturated rings. The lowest BCUT2D eigenvalue weighted by Gasteiger charge is -2.17. The Morgan fingerprint density at radius 2 is 2.10 bits per heavy atom. The van der Waals surface area contributed by atoms with E-state index in [0.717, 1.165) is 13.1 Å². The summed E-state index contributed by atoms with van der Waals surface area (Å²) < 4.78 is 0. The Hall–Kier alpha value is -0.120. The lowest BCUT2D eigenvalue weighted by Crippen LogP contribution is -2.38. The molecule has 0 spiro atoms. The maximum Gasteiger partial charge on any atom is 0.0617 e. The van der Waals surface area contributed by atoms with Crippen molar-refractivity contribution in [3.05, 3.63) is 0 Å². The predicted octanol–water partition coefficient (Wildman–Crippen LogP) is -1.13. The van der Waals surface area contributed by atoms with Crippen LogP contribution in [0.15, 0.2) is 0 Å². The maximum atomic E-state index is 8.91. The van der Waals surface area contributed by atoms with E-state index in [4.69, 9.17) is 10.8 Å². The van der Waals surface area contributed by atoms with Crippen LogP contribution in [0.25, 0.3) is 0 Å². The molecule has 3 nitrogen and oxygen atoms in total. The van der Waals surface area contributed by atoms with Crippen molar-refractivity contribution in [1.29, 1.82) is 0 Å². The van der Waals surface area contributed by atoms with Gasteiger partial charge in [-0.1, -0.05) is 0 Å². The molecule has 58 valence electrons. The summed E-state index contributed by atoms with van der Waals surface area (Å²) in [5.41, 5.74) is 5.68. The third-order valence-corrected chi connectivity index (χ3v) is 3.05. The highest BCUT2D eigenvalue weighted by molar-refractivity contribution is 5.20. The molecule has 0 aromatic heterocycles. The molecule has 1 heterocycles. The zero-order valence-electron chi connectivity index (χ0n) is 6.25.